The van der Waals surface area contributed by atoms with Crippen molar-refractivity contribution in [3.05, 3.63) is 170 Å². The molecule has 0 N–H and O–H groups in total. The fraction of sp³-hybridized carbons (Fsp3) is 0.523. The van der Waals surface area contributed by atoms with Crippen LogP contribution in [0.15, 0.2) is 170 Å². The minimum absolute atomic E-state index is 0.135. The van der Waals surface area contributed by atoms with Gasteiger partial charge in [-0.15, -0.1) is 0 Å². The van der Waals surface area contributed by atoms with Gasteiger partial charge in [0, 0.05) is 19.3 Å². The number of rotatable bonds is 47. The highest BCUT2D eigenvalue weighted by molar-refractivity contribution is 5.71. The Hall–Kier alpha value is -5.23. The van der Waals surface area contributed by atoms with E-state index >= 15 is 0 Å². The molecule has 0 aliphatic heterocycles. The highest BCUT2D eigenvalue weighted by Crippen LogP contribution is 2.11. The highest BCUT2D eigenvalue weighted by atomic mass is 16.6. The summed E-state index contributed by atoms with van der Waals surface area (Å²) in [6.07, 6.45) is 84.9. The lowest BCUT2D eigenvalue weighted by molar-refractivity contribution is -0.167. The van der Waals surface area contributed by atoms with Crippen LogP contribution in [0.4, 0.5) is 0 Å². The quantitative estimate of drug-likeness (QED) is 0.0262. The van der Waals surface area contributed by atoms with Gasteiger partial charge >= 0.3 is 17.9 Å². The third kappa shape index (κ3) is 55.6. The molecule has 0 fully saturated rings. The van der Waals surface area contributed by atoms with Crippen molar-refractivity contribution in [2.75, 3.05) is 13.2 Å². The third-order valence-electron chi connectivity index (χ3n) is 10.7. The van der Waals surface area contributed by atoms with Crippen LogP contribution in [0.3, 0.4) is 0 Å². The maximum absolute atomic E-state index is 12.8. The lowest BCUT2D eigenvalue weighted by atomic mass is 10.1. The van der Waals surface area contributed by atoms with Crippen molar-refractivity contribution >= 4 is 17.9 Å². The van der Waals surface area contributed by atoms with Gasteiger partial charge in [0.05, 0.1) is 0 Å². The number of esters is 3. The Morgan fingerprint density at radius 2 is 0.563 bits per heavy atom. The number of unbranched alkanes of at least 4 members (excludes halogenated alkanes) is 8. The molecule has 71 heavy (non-hydrogen) atoms. The molecule has 0 spiro atoms. The van der Waals surface area contributed by atoms with Gasteiger partial charge in [0.15, 0.2) is 6.10 Å². The summed E-state index contributed by atoms with van der Waals surface area (Å²) in [6, 6.07) is 0. The first kappa shape index (κ1) is 65.8. The zero-order valence-electron chi connectivity index (χ0n) is 44.9. The zero-order valence-corrected chi connectivity index (χ0v) is 44.9. The Morgan fingerprint density at radius 3 is 0.915 bits per heavy atom. The van der Waals surface area contributed by atoms with Crippen molar-refractivity contribution in [3.8, 4) is 0 Å². The van der Waals surface area contributed by atoms with E-state index < -0.39 is 12.1 Å². The van der Waals surface area contributed by atoms with Gasteiger partial charge in [-0.3, -0.25) is 14.4 Å². The fourth-order valence-corrected chi connectivity index (χ4v) is 6.62. The Morgan fingerprint density at radius 1 is 0.296 bits per heavy atom. The topological polar surface area (TPSA) is 78.9 Å². The predicted molar refractivity (Wildman–Crippen MR) is 306 cm³/mol. The van der Waals surface area contributed by atoms with Crippen LogP contribution in [0.1, 0.15) is 201 Å². The van der Waals surface area contributed by atoms with Crippen molar-refractivity contribution in [3.63, 3.8) is 0 Å². The second kappa shape index (κ2) is 57.3. The second-order valence-electron chi connectivity index (χ2n) is 17.4. The number of carbonyl (C=O) groups excluding carboxylic acids is 3. The summed E-state index contributed by atoms with van der Waals surface area (Å²) in [4.78, 5) is 38.1. The van der Waals surface area contributed by atoms with Gasteiger partial charge in [0.25, 0.3) is 0 Å². The number of ether oxygens (including phenoxy) is 3. The van der Waals surface area contributed by atoms with Gasteiger partial charge in [-0.1, -0.05) is 217 Å². The molecule has 0 bridgehead atoms. The van der Waals surface area contributed by atoms with E-state index in [2.05, 4.69) is 191 Å². The number of hydrogen-bond acceptors (Lipinski definition) is 6. The average Bonchev–Trinajstić information content (AvgIpc) is 3.37. The van der Waals surface area contributed by atoms with E-state index in [0.29, 0.717) is 19.3 Å². The summed E-state index contributed by atoms with van der Waals surface area (Å²) in [6.45, 7) is 6.21. The van der Waals surface area contributed by atoms with E-state index in [9.17, 15) is 14.4 Å². The molecule has 0 amide bonds. The summed E-state index contributed by atoms with van der Waals surface area (Å²) in [5.74, 6) is -1.08. The molecule has 6 heteroatoms. The van der Waals surface area contributed by atoms with Crippen molar-refractivity contribution in [2.24, 2.45) is 0 Å². The van der Waals surface area contributed by atoms with E-state index in [4.69, 9.17) is 14.2 Å². The molecule has 0 rings (SSSR count). The highest BCUT2D eigenvalue weighted by Gasteiger charge is 2.19. The molecular formula is C65H98O6. The number of allylic oxidation sites excluding steroid dienone is 28. The molecule has 0 aromatic heterocycles. The van der Waals surface area contributed by atoms with E-state index in [1.54, 1.807) is 0 Å². The first-order valence-electron chi connectivity index (χ1n) is 27.6. The minimum atomic E-state index is -0.847. The van der Waals surface area contributed by atoms with Crippen LogP contribution in [0.2, 0.25) is 0 Å². The van der Waals surface area contributed by atoms with Crippen molar-refractivity contribution in [2.45, 2.75) is 207 Å². The molecule has 0 aromatic rings. The average molecular weight is 975 g/mol. The van der Waals surface area contributed by atoms with Crippen molar-refractivity contribution < 1.29 is 28.6 Å². The number of carbonyl (C=O) groups is 3. The van der Waals surface area contributed by atoms with Crippen LogP contribution in [-0.4, -0.2) is 37.2 Å². The summed E-state index contributed by atoms with van der Waals surface area (Å²) in [5.41, 5.74) is 0. The van der Waals surface area contributed by atoms with E-state index in [1.165, 1.54) is 6.42 Å². The molecule has 0 aliphatic rings. The summed E-state index contributed by atoms with van der Waals surface area (Å²) >= 11 is 0. The standard InChI is InChI=1S/C65H98O6/c1-4-7-10-13-16-19-22-25-27-29-30-31-32-33-34-36-37-40-43-46-49-52-55-58-64(67)70-61-62(60-69-63(66)57-54-51-48-45-42-39-24-21-18-15-12-9-6-3)71-65(68)59-56-53-50-47-44-41-38-35-28-26-23-20-17-14-11-8-5-2/h7-8,10-12,15-17,19-21,24-28,30-31,33-34,37-38,40-41,46-47,49-50,62H,4-6,9,13-14,18,22-23,29,32,35-36,39,42-45,48,51-61H2,1-3H3/b10-7-,11-8-,15-12-,19-16-,20-17-,24-21-,27-25-,28-26-,31-30-,34-33-,40-37-,41-38-,49-46-,50-47-. The van der Waals surface area contributed by atoms with Crippen LogP contribution in [0.5, 0.6) is 0 Å². The van der Waals surface area contributed by atoms with E-state index in [0.717, 1.165) is 141 Å². The summed E-state index contributed by atoms with van der Waals surface area (Å²) < 4.78 is 16.7. The third-order valence-corrected chi connectivity index (χ3v) is 10.7. The molecule has 0 saturated heterocycles. The second-order valence-corrected chi connectivity index (χ2v) is 17.4. The lowest BCUT2D eigenvalue weighted by Gasteiger charge is -2.18. The zero-order chi connectivity index (χ0) is 51.4. The Balaban J connectivity index is 4.60. The molecule has 0 saturated carbocycles. The van der Waals surface area contributed by atoms with Gasteiger partial charge in [0.1, 0.15) is 13.2 Å². The van der Waals surface area contributed by atoms with Crippen LogP contribution in [0.25, 0.3) is 0 Å². The Labute approximate surface area is 434 Å². The maximum Gasteiger partial charge on any atom is 0.306 e. The van der Waals surface area contributed by atoms with E-state index in [-0.39, 0.29) is 38.0 Å². The van der Waals surface area contributed by atoms with Gasteiger partial charge in [-0.2, -0.15) is 0 Å². The maximum atomic E-state index is 12.8. The number of hydrogen-bond donors (Lipinski definition) is 0. The van der Waals surface area contributed by atoms with Crippen LogP contribution >= 0.6 is 0 Å². The molecule has 0 heterocycles. The molecule has 1 unspecified atom stereocenters. The molecule has 394 valence electrons. The lowest BCUT2D eigenvalue weighted by Crippen LogP contribution is -2.30. The molecule has 6 nitrogen and oxygen atoms in total. The van der Waals surface area contributed by atoms with Crippen LogP contribution in [-0.2, 0) is 28.6 Å². The Kier molecular flexibility index (Phi) is 53.1. The molecular weight excluding hydrogens is 877 g/mol. The first-order chi connectivity index (χ1) is 35.0. The van der Waals surface area contributed by atoms with Crippen molar-refractivity contribution in [1.29, 1.82) is 0 Å². The van der Waals surface area contributed by atoms with Crippen LogP contribution < -0.4 is 0 Å². The molecule has 0 aliphatic carbocycles. The smallest absolute Gasteiger partial charge is 0.306 e. The molecule has 0 radical (unpaired) electrons. The molecule has 0 aromatic carbocycles. The molecule has 1 atom stereocenters. The first-order valence-corrected chi connectivity index (χ1v) is 27.6. The minimum Gasteiger partial charge on any atom is -0.462 e. The monoisotopic (exact) mass is 975 g/mol. The largest absolute Gasteiger partial charge is 0.462 e. The Bertz CT molecular complexity index is 1690. The van der Waals surface area contributed by atoms with Gasteiger partial charge < -0.3 is 14.2 Å². The summed E-state index contributed by atoms with van der Waals surface area (Å²) in [7, 11) is 0. The SMILES string of the molecule is CC/C=C\C/C=C\C/C=C\C/C=C\C/C=C\C/C=C\C/C=C\CCCC(=O)OCC(COC(=O)CCCCCCC/C=C\C/C=C\CCC)OC(=O)CCC/C=C\C/C=C\C/C=C\C/C=C\C/C=C\CC. The van der Waals surface area contributed by atoms with Gasteiger partial charge in [-0.25, -0.2) is 0 Å². The van der Waals surface area contributed by atoms with Gasteiger partial charge in [0.2, 0.25) is 0 Å². The van der Waals surface area contributed by atoms with Crippen molar-refractivity contribution in [1.82, 2.24) is 0 Å². The summed E-state index contributed by atoms with van der Waals surface area (Å²) in [5, 5.41) is 0. The van der Waals surface area contributed by atoms with Gasteiger partial charge in [-0.05, 0) is 135 Å². The predicted octanol–water partition coefficient (Wildman–Crippen LogP) is 18.8. The van der Waals surface area contributed by atoms with E-state index in [1.807, 2.05) is 0 Å². The van der Waals surface area contributed by atoms with Crippen LogP contribution in [0, 0.1) is 0 Å². The fourth-order valence-electron chi connectivity index (χ4n) is 6.62. The normalized spacial score (nSPS) is 13.5.